The maximum absolute atomic E-state index is 6.11. The standard InChI is InChI=1S/C24H24ClN7/c1-31-9-11-32(12-10-31)16-28-19-7-5-17(6-8-19)22-14-21-23(26-15-27-24(21)30-22)29-20-4-2-3-18(25)13-20/h2-8,13-16H,9-12H2,1H3,(H2,26,27,29,30)/b28-16+. The molecule has 0 unspecified atom stereocenters. The zero-order valence-electron chi connectivity index (χ0n) is 17.8. The van der Waals surface area contributed by atoms with Gasteiger partial charge in [0, 0.05) is 42.6 Å². The topological polar surface area (TPSA) is 72.4 Å². The predicted octanol–water partition coefficient (Wildman–Crippen LogP) is 4.93. The van der Waals surface area contributed by atoms with Crippen LogP contribution in [-0.4, -0.2) is 64.3 Å². The molecule has 4 aromatic rings. The summed E-state index contributed by atoms with van der Waals surface area (Å²) in [5.41, 5.74) is 4.63. The fourth-order valence-electron chi connectivity index (χ4n) is 3.71. The van der Waals surface area contributed by atoms with E-state index in [1.807, 2.05) is 42.7 Å². The van der Waals surface area contributed by atoms with Crippen molar-refractivity contribution in [2.45, 2.75) is 0 Å². The monoisotopic (exact) mass is 445 g/mol. The molecule has 0 amide bonds. The Labute approximate surface area is 191 Å². The van der Waals surface area contributed by atoms with Crippen LogP contribution in [0.4, 0.5) is 17.2 Å². The second-order valence-corrected chi connectivity index (χ2v) is 8.37. The van der Waals surface area contributed by atoms with Crippen LogP contribution in [0, 0.1) is 0 Å². The first-order valence-corrected chi connectivity index (χ1v) is 11.0. The predicted molar refractivity (Wildman–Crippen MR) is 131 cm³/mol. The van der Waals surface area contributed by atoms with Gasteiger partial charge in [-0.15, -0.1) is 0 Å². The lowest BCUT2D eigenvalue weighted by Gasteiger charge is -2.30. The van der Waals surface area contributed by atoms with E-state index in [0.717, 1.165) is 65.7 Å². The molecule has 1 aliphatic heterocycles. The maximum atomic E-state index is 6.11. The Morgan fingerprint density at radius 1 is 1.03 bits per heavy atom. The van der Waals surface area contributed by atoms with Gasteiger partial charge in [0.1, 0.15) is 17.8 Å². The Balaban J connectivity index is 1.34. The Bertz CT molecular complexity index is 1240. The maximum Gasteiger partial charge on any atom is 0.143 e. The van der Waals surface area contributed by atoms with Crippen molar-refractivity contribution in [3.8, 4) is 11.3 Å². The highest BCUT2D eigenvalue weighted by atomic mass is 35.5. The average Bonchev–Trinajstić information content (AvgIpc) is 3.25. The molecule has 1 aliphatic rings. The molecule has 0 bridgehead atoms. The van der Waals surface area contributed by atoms with E-state index in [1.54, 1.807) is 6.33 Å². The number of anilines is 2. The highest BCUT2D eigenvalue weighted by Crippen LogP contribution is 2.30. The van der Waals surface area contributed by atoms with E-state index in [0.29, 0.717) is 5.02 Å². The number of nitrogens with zero attached hydrogens (tertiary/aromatic N) is 5. The number of piperazine rings is 1. The minimum absolute atomic E-state index is 0.672. The number of aromatic amines is 1. The third-order valence-corrected chi connectivity index (χ3v) is 5.83. The molecule has 7 nitrogen and oxygen atoms in total. The molecular weight excluding hydrogens is 422 g/mol. The normalized spacial score (nSPS) is 15.0. The summed E-state index contributed by atoms with van der Waals surface area (Å²) in [4.78, 5) is 21.4. The van der Waals surface area contributed by atoms with Crippen LogP contribution in [-0.2, 0) is 0 Å². The lowest BCUT2D eigenvalue weighted by atomic mass is 10.1. The zero-order valence-corrected chi connectivity index (χ0v) is 18.5. The first-order chi connectivity index (χ1) is 15.6. The first kappa shape index (κ1) is 20.5. The number of benzene rings is 2. The van der Waals surface area contributed by atoms with Gasteiger partial charge in [-0.25, -0.2) is 15.0 Å². The minimum Gasteiger partial charge on any atom is -0.360 e. The lowest BCUT2D eigenvalue weighted by Crippen LogP contribution is -2.43. The number of aromatic nitrogens is 3. The summed E-state index contributed by atoms with van der Waals surface area (Å²) in [6.45, 7) is 4.17. The van der Waals surface area contributed by atoms with Crippen LogP contribution in [0.3, 0.4) is 0 Å². The number of halogens is 1. The number of fused-ring (bicyclic) bond motifs is 1. The van der Waals surface area contributed by atoms with Gasteiger partial charge in [-0.05, 0) is 49.0 Å². The van der Waals surface area contributed by atoms with Crippen LogP contribution in [0.2, 0.25) is 5.02 Å². The second kappa shape index (κ2) is 8.98. The van der Waals surface area contributed by atoms with Crippen molar-refractivity contribution in [2.75, 3.05) is 38.5 Å². The Morgan fingerprint density at radius 3 is 2.62 bits per heavy atom. The molecule has 2 aromatic heterocycles. The smallest absolute Gasteiger partial charge is 0.143 e. The number of rotatable bonds is 5. The van der Waals surface area contributed by atoms with E-state index in [4.69, 9.17) is 11.6 Å². The van der Waals surface area contributed by atoms with Gasteiger partial charge in [0.15, 0.2) is 0 Å². The molecule has 0 saturated carbocycles. The minimum atomic E-state index is 0.672. The number of H-pyrrole nitrogens is 1. The highest BCUT2D eigenvalue weighted by Gasteiger charge is 2.11. The summed E-state index contributed by atoms with van der Waals surface area (Å²) in [6, 6.07) is 17.8. The van der Waals surface area contributed by atoms with Crippen LogP contribution < -0.4 is 5.32 Å². The molecular formula is C24H24ClN7. The van der Waals surface area contributed by atoms with Gasteiger partial charge in [0.2, 0.25) is 0 Å². The Hall–Kier alpha value is -3.42. The molecule has 2 aromatic carbocycles. The summed E-state index contributed by atoms with van der Waals surface area (Å²) >= 11 is 6.11. The Morgan fingerprint density at radius 2 is 1.84 bits per heavy atom. The summed E-state index contributed by atoms with van der Waals surface area (Å²) in [6.07, 6.45) is 3.50. The van der Waals surface area contributed by atoms with Crippen LogP contribution in [0.15, 0.2) is 65.9 Å². The average molecular weight is 446 g/mol. The number of hydrogen-bond donors (Lipinski definition) is 2. The first-order valence-electron chi connectivity index (χ1n) is 10.6. The molecule has 0 radical (unpaired) electrons. The molecule has 162 valence electrons. The van der Waals surface area contributed by atoms with E-state index < -0.39 is 0 Å². The van der Waals surface area contributed by atoms with E-state index in [1.165, 1.54) is 0 Å². The van der Waals surface area contributed by atoms with Crippen LogP contribution in [0.5, 0.6) is 0 Å². The molecule has 8 heteroatoms. The molecule has 32 heavy (non-hydrogen) atoms. The van der Waals surface area contributed by atoms with Crippen molar-refractivity contribution < 1.29 is 0 Å². The van der Waals surface area contributed by atoms with Gasteiger partial charge in [0.05, 0.1) is 17.4 Å². The van der Waals surface area contributed by atoms with Gasteiger partial charge >= 0.3 is 0 Å². The third-order valence-electron chi connectivity index (χ3n) is 5.60. The largest absolute Gasteiger partial charge is 0.360 e. The van der Waals surface area contributed by atoms with Crippen LogP contribution in [0.25, 0.3) is 22.3 Å². The van der Waals surface area contributed by atoms with E-state index in [2.05, 4.69) is 60.3 Å². The lowest BCUT2D eigenvalue weighted by molar-refractivity contribution is 0.219. The summed E-state index contributed by atoms with van der Waals surface area (Å²) in [5.74, 6) is 0.730. The quantitative estimate of drug-likeness (QED) is 0.336. The van der Waals surface area contributed by atoms with Crippen molar-refractivity contribution in [3.63, 3.8) is 0 Å². The molecule has 0 spiro atoms. The van der Waals surface area contributed by atoms with Gasteiger partial charge in [-0.1, -0.05) is 29.8 Å². The van der Waals surface area contributed by atoms with Crippen LogP contribution in [0.1, 0.15) is 0 Å². The fraction of sp³-hybridized carbons (Fsp3) is 0.208. The van der Waals surface area contributed by atoms with Gasteiger partial charge < -0.3 is 20.1 Å². The number of hydrogen-bond acceptors (Lipinski definition) is 5. The SMILES string of the molecule is CN1CCN(/C=N/c2ccc(-c3cc4c(Nc5cccc(Cl)c5)ncnc4[nH]3)cc2)CC1. The third kappa shape index (κ3) is 4.59. The number of aliphatic imine (C=N–C) groups is 1. The Kier molecular flexibility index (Phi) is 5.75. The fourth-order valence-corrected chi connectivity index (χ4v) is 3.90. The molecule has 1 fully saturated rings. The van der Waals surface area contributed by atoms with E-state index in [-0.39, 0.29) is 0 Å². The molecule has 2 N–H and O–H groups in total. The molecule has 0 atom stereocenters. The summed E-state index contributed by atoms with van der Waals surface area (Å²) in [5, 5.41) is 4.92. The van der Waals surface area contributed by atoms with Crippen LogP contribution >= 0.6 is 11.6 Å². The molecule has 1 saturated heterocycles. The molecule has 5 rings (SSSR count). The second-order valence-electron chi connectivity index (χ2n) is 7.93. The van der Waals surface area contributed by atoms with Gasteiger partial charge in [-0.3, -0.25) is 0 Å². The van der Waals surface area contributed by atoms with Crippen molar-refractivity contribution in [1.29, 1.82) is 0 Å². The molecule has 3 heterocycles. The summed E-state index contributed by atoms with van der Waals surface area (Å²) < 4.78 is 0. The molecule has 0 aliphatic carbocycles. The van der Waals surface area contributed by atoms with E-state index in [9.17, 15) is 0 Å². The van der Waals surface area contributed by atoms with Crippen molar-refractivity contribution >= 4 is 46.2 Å². The van der Waals surface area contributed by atoms with Crippen molar-refractivity contribution in [1.82, 2.24) is 24.8 Å². The summed E-state index contributed by atoms with van der Waals surface area (Å²) in [7, 11) is 2.15. The zero-order chi connectivity index (χ0) is 21.9. The van der Waals surface area contributed by atoms with Crippen molar-refractivity contribution in [2.24, 2.45) is 4.99 Å². The number of likely N-dealkylation sites (N-methyl/N-ethyl adjacent to an activating group) is 1. The van der Waals surface area contributed by atoms with E-state index >= 15 is 0 Å². The number of nitrogens with one attached hydrogen (secondary N) is 2. The van der Waals surface area contributed by atoms with Gasteiger partial charge in [0.25, 0.3) is 0 Å². The van der Waals surface area contributed by atoms with Crippen molar-refractivity contribution in [3.05, 3.63) is 65.9 Å². The highest BCUT2D eigenvalue weighted by molar-refractivity contribution is 6.30. The van der Waals surface area contributed by atoms with Gasteiger partial charge in [-0.2, -0.15) is 0 Å².